The molecule has 0 aliphatic heterocycles. The van der Waals surface area contributed by atoms with Crippen molar-refractivity contribution >= 4 is 0 Å². The third-order valence-corrected chi connectivity index (χ3v) is 6.47. The van der Waals surface area contributed by atoms with E-state index in [2.05, 4.69) is 13.8 Å². The molecule has 3 aliphatic carbocycles. The van der Waals surface area contributed by atoms with Crippen LogP contribution in [0.25, 0.3) is 0 Å². The number of rotatable bonds is 2. The van der Waals surface area contributed by atoms with E-state index >= 15 is 0 Å². The maximum atomic E-state index is 2.58. The smallest absolute Gasteiger partial charge is 0.0198 e. The van der Waals surface area contributed by atoms with Gasteiger partial charge in [-0.2, -0.15) is 0 Å². The molecule has 1 fully saturated rings. The first kappa shape index (κ1) is 13.7. The summed E-state index contributed by atoms with van der Waals surface area (Å²) in [5.41, 5.74) is 3.85. The van der Waals surface area contributed by atoms with Gasteiger partial charge in [-0.3, -0.25) is 0 Å². The molecule has 3 rings (SSSR count). The summed E-state index contributed by atoms with van der Waals surface area (Å²) in [6.07, 6.45) is 16.3. The molecule has 4 unspecified atom stereocenters. The standard InChI is InChI=1S/C19H32/c1-3-8-15-13-16-9-4-5-10-17(16)14(2)18-11-6-7-12-19(15)18/h14-15,18-19H,3-13H2,1-2H3. The molecule has 0 aromatic rings. The molecule has 0 nitrogen and oxygen atoms in total. The number of allylic oxidation sites excluding steroid dienone is 2. The summed E-state index contributed by atoms with van der Waals surface area (Å²) >= 11 is 0. The zero-order valence-corrected chi connectivity index (χ0v) is 13.1. The van der Waals surface area contributed by atoms with E-state index in [4.69, 9.17) is 0 Å². The lowest BCUT2D eigenvalue weighted by Crippen LogP contribution is -2.30. The molecule has 19 heavy (non-hydrogen) atoms. The minimum absolute atomic E-state index is 0.919. The SMILES string of the molecule is CCCC1CC2=C(CCCC2)C(C)C2CCCCC12. The summed E-state index contributed by atoms with van der Waals surface area (Å²) in [6, 6.07) is 0. The fourth-order valence-electron chi connectivity index (χ4n) is 5.58. The van der Waals surface area contributed by atoms with Crippen molar-refractivity contribution in [1.29, 1.82) is 0 Å². The van der Waals surface area contributed by atoms with Crippen LogP contribution in [-0.2, 0) is 0 Å². The number of hydrogen-bond acceptors (Lipinski definition) is 0. The Morgan fingerprint density at radius 1 is 0.947 bits per heavy atom. The van der Waals surface area contributed by atoms with E-state index in [1.165, 1.54) is 64.2 Å². The molecule has 0 aromatic carbocycles. The van der Waals surface area contributed by atoms with Crippen LogP contribution in [0.2, 0.25) is 0 Å². The lowest BCUT2D eigenvalue weighted by molar-refractivity contribution is 0.127. The maximum absolute atomic E-state index is 2.58. The van der Waals surface area contributed by atoms with Gasteiger partial charge in [-0.1, -0.05) is 50.7 Å². The van der Waals surface area contributed by atoms with Crippen molar-refractivity contribution in [3.8, 4) is 0 Å². The van der Waals surface area contributed by atoms with Crippen LogP contribution in [-0.4, -0.2) is 0 Å². The first-order chi connectivity index (χ1) is 9.31. The average molecular weight is 260 g/mol. The van der Waals surface area contributed by atoms with E-state index in [9.17, 15) is 0 Å². The second-order valence-corrected chi connectivity index (χ2v) is 7.49. The summed E-state index contributed by atoms with van der Waals surface area (Å²) in [5, 5.41) is 0. The highest BCUT2D eigenvalue weighted by atomic mass is 14.4. The zero-order valence-electron chi connectivity index (χ0n) is 13.1. The van der Waals surface area contributed by atoms with Gasteiger partial charge in [0.05, 0.1) is 0 Å². The van der Waals surface area contributed by atoms with Gasteiger partial charge in [0.2, 0.25) is 0 Å². The molecule has 1 saturated carbocycles. The monoisotopic (exact) mass is 260 g/mol. The van der Waals surface area contributed by atoms with Crippen LogP contribution in [0.1, 0.15) is 84.5 Å². The van der Waals surface area contributed by atoms with Crippen molar-refractivity contribution in [2.45, 2.75) is 84.5 Å². The van der Waals surface area contributed by atoms with E-state index in [1.54, 1.807) is 6.42 Å². The number of hydrogen-bond donors (Lipinski definition) is 0. The fourth-order valence-corrected chi connectivity index (χ4v) is 5.58. The summed E-state index contributed by atoms with van der Waals surface area (Å²) in [4.78, 5) is 0. The minimum Gasteiger partial charge on any atom is -0.0704 e. The molecule has 0 saturated heterocycles. The van der Waals surface area contributed by atoms with E-state index in [0.29, 0.717) is 0 Å². The van der Waals surface area contributed by atoms with Crippen molar-refractivity contribution < 1.29 is 0 Å². The maximum Gasteiger partial charge on any atom is -0.0198 e. The predicted octanol–water partition coefficient (Wildman–Crippen LogP) is 6.12. The molecule has 0 N–H and O–H groups in total. The summed E-state index contributed by atoms with van der Waals surface area (Å²) in [5.74, 6) is 4.05. The molecule has 4 atom stereocenters. The fraction of sp³-hybridized carbons (Fsp3) is 0.895. The first-order valence-corrected chi connectivity index (χ1v) is 9.02. The molecule has 0 heterocycles. The molecule has 0 bridgehead atoms. The summed E-state index contributed by atoms with van der Waals surface area (Å²) in [6.45, 7) is 4.97. The Labute approximate surface area is 120 Å². The molecular formula is C19H32. The van der Waals surface area contributed by atoms with Gasteiger partial charge in [0.25, 0.3) is 0 Å². The second kappa shape index (κ2) is 6.02. The number of fused-ring (bicyclic) bond motifs is 1. The van der Waals surface area contributed by atoms with Crippen LogP contribution in [0.5, 0.6) is 0 Å². The van der Waals surface area contributed by atoms with Gasteiger partial charge in [0, 0.05) is 0 Å². The average Bonchev–Trinajstić information content (AvgIpc) is 2.57. The highest BCUT2D eigenvalue weighted by molar-refractivity contribution is 5.23. The van der Waals surface area contributed by atoms with Crippen molar-refractivity contribution in [3.63, 3.8) is 0 Å². The molecule has 3 aliphatic rings. The highest BCUT2D eigenvalue weighted by Crippen LogP contribution is 2.51. The van der Waals surface area contributed by atoms with Crippen molar-refractivity contribution in [2.75, 3.05) is 0 Å². The second-order valence-electron chi connectivity index (χ2n) is 7.49. The van der Waals surface area contributed by atoms with Gasteiger partial charge >= 0.3 is 0 Å². The van der Waals surface area contributed by atoms with E-state index in [1.807, 2.05) is 11.1 Å². The van der Waals surface area contributed by atoms with Crippen LogP contribution in [0.4, 0.5) is 0 Å². The first-order valence-electron chi connectivity index (χ1n) is 9.02. The Morgan fingerprint density at radius 2 is 1.68 bits per heavy atom. The van der Waals surface area contributed by atoms with Gasteiger partial charge in [-0.25, -0.2) is 0 Å². The van der Waals surface area contributed by atoms with Crippen LogP contribution >= 0.6 is 0 Å². The predicted molar refractivity (Wildman–Crippen MR) is 83.1 cm³/mol. The van der Waals surface area contributed by atoms with E-state index in [0.717, 1.165) is 23.7 Å². The van der Waals surface area contributed by atoms with Crippen LogP contribution in [0, 0.1) is 23.7 Å². The van der Waals surface area contributed by atoms with Crippen LogP contribution in [0.3, 0.4) is 0 Å². The Hall–Kier alpha value is -0.260. The molecule has 0 amide bonds. The third-order valence-electron chi connectivity index (χ3n) is 6.47. The van der Waals surface area contributed by atoms with Gasteiger partial charge in [0.1, 0.15) is 0 Å². The molecule has 0 aromatic heterocycles. The van der Waals surface area contributed by atoms with Crippen LogP contribution < -0.4 is 0 Å². The molecular weight excluding hydrogens is 228 g/mol. The Bertz CT molecular complexity index is 338. The normalized spacial score (nSPS) is 39.5. The molecule has 0 radical (unpaired) electrons. The lowest BCUT2D eigenvalue weighted by atomic mass is 9.66. The molecule has 108 valence electrons. The largest absolute Gasteiger partial charge is 0.0704 e. The Kier molecular flexibility index (Phi) is 4.34. The van der Waals surface area contributed by atoms with E-state index in [-0.39, 0.29) is 0 Å². The zero-order chi connectivity index (χ0) is 13.2. The lowest BCUT2D eigenvalue weighted by Gasteiger charge is -2.39. The van der Waals surface area contributed by atoms with Crippen LogP contribution in [0.15, 0.2) is 11.1 Å². The quantitative estimate of drug-likeness (QED) is 0.525. The Balaban J connectivity index is 1.89. The van der Waals surface area contributed by atoms with Gasteiger partial charge in [-0.15, -0.1) is 0 Å². The highest BCUT2D eigenvalue weighted by Gasteiger charge is 2.39. The molecule has 0 spiro atoms. The topological polar surface area (TPSA) is 0 Å². The summed E-state index contributed by atoms with van der Waals surface area (Å²) < 4.78 is 0. The third kappa shape index (κ3) is 2.65. The molecule has 0 heteroatoms. The summed E-state index contributed by atoms with van der Waals surface area (Å²) in [7, 11) is 0. The minimum atomic E-state index is 0.919. The Morgan fingerprint density at radius 3 is 2.47 bits per heavy atom. The van der Waals surface area contributed by atoms with Gasteiger partial charge in [0.15, 0.2) is 0 Å². The van der Waals surface area contributed by atoms with Crippen molar-refractivity contribution in [2.24, 2.45) is 23.7 Å². The van der Waals surface area contributed by atoms with E-state index < -0.39 is 0 Å². The van der Waals surface area contributed by atoms with Crippen molar-refractivity contribution in [1.82, 2.24) is 0 Å². The van der Waals surface area contributed by atoms with Crippen molar-refractivity contribution in [3.05, 3.63) is 11.1 Å². The van der Waals surface area contributed by atoms with Gasteiger partial charge < -0.3 is 0 Å². The van der Waals surface area contributed by atoms with Gasteiger partial charge in [-0.05, 0) is 68.6 Å².